The lowest BCUT2D eigenvalue weighted by Gasteiger charge is -2.23. The second kappa shape index (κ2) is 10.6. The van der Waals surface area contributed by atoms with Gasteiger partial charge >= 0.3 is 7.12 Å². The van der Waals surface area contributed by atoms with Gasteiger partial charge in [0.15, 0.2) is 17.7 Å². The van der Waals surface area contributed by atoms with Crippen LogP contribution >= 0.6 is 0 Å². The largest absolute Gasteiger partial charge is 0.496 e. The lowest BCUT2D eigenvalue weighted by Crippen LogP contribution is -2.34. The molecule has 1 aromatic carbocycles. The van der Waals surface area contributed by atoms with Gasteiger partial charge in [-0.05, 0) is 57.7 Å². The minimum absolute atomic E-state index is 0.236. The molecule has 10 nitrogen and oxygen atoms in total. The van der Waals surface area contributed by atoms with Crippen molar-refractivity contribution < 1.29 is 36.0 Å². The van der Waals surface area contributed by atoms with Gasteiger partial charge in [0.1, 0.15) is 11.5 Å². The summed E-state index contributed by atoms with van der Waals surface area (Å²) in [7, 11) is -4.65. The van der Waals surface area contributed by atoms with E-state index in [0.29, 0.717) is 30.7 Å². The lowest BCUT2D eigenvalue weighted by atomic mass is 9.80. The van der Waals surface area contributed by atoms with Crippen molar-refractivity contribution in [2.75, 3.05) is 23.7 Å². The summed E-state index contributed by atoms with van der Waals surface area (Å²) >= 11 is 0. The molecule has 14 heteroatoms. The highest BCUT2D eigenvalue weighted by Crippen LogP contribution is 2.31. The Kier molecular flexibility index (Phi) is 7.48. The average molecular weight is 562 g/mol. The van der Waals surface area contributed by atoms with Crippen LogP contribution < -0.4 is 10.2 Å². The highest BCUT2D eigenvalue weighted by atomic mass is 32.2. The molecular weight excluding hydrogens is 533 g/mol. The van der Waals surface area contributed by atoms with Crippen molar-refractivity contribution in [2.24, 2.45) is 0 Å². The summed E-state index contributed by atoms with van der Waals surface area (Å²) in [6, 6.07) is 3.39. The van der Waals surface area contributed by atoms with E-state index in [9.17, 15) is 17.6 Å². The van der Waals surface area contributed by atoms with Gasteiger partial charge in [-0.3, -0.25) is 9.52 Å². The number of hydrogen-bond donors (Lipinski definition) is 1. The number of hydrogen-bond acceptors (Lipinski definition) is 8. The number of nitrogens with zero attached hydrogens (tertiary/aromatic N) is 3. The predicted molar refractivity (Wildman–Crippen MR) is 140 cm³/mol. The summed E-state index contributed by atoms with van der Waals surface area (Å²) in [4.78, 5) is 18.2. The molecule has 0 spiro atoms. The Labute approximate surface area is 225 Å². The van der Waals surface area contributed by atoms with E-state index in [-0.39, 0.29) is 23.3 Å². The van der Waals surface area contributed by atoms with Gasteiger partial charge in [-0.2, -0.15) is 5.10 Å². The minimum atomic E-state index is -3.89. The molecule has 39 heavy (non-hydrogen) atoms. The monoisotopic (exact) mass is 562 g/mol. The SMILES string of the molecule is CCCS(=O)(=O)Nc1ccc(F)c(C(=O)c2nn(C3CCCCO3)c3ncc(B4OCC(C)(C)O4)cc23)c1F. The van der Waals surface area contributed by atoms with E-state index in [1.54, 1.807) is 19.2 Å². The van der Waals surface area contributed by atoms with Gasteiger partial charge in [0.25, 0.3) is 0 Å². The van der Waals surface area contributed by atoms with Crippen LogP contribution in [0.1, 0.15) is 68.7 Å². The first-order valence-corrected chi connectivity index (χ1v) is 14.5. The van der Waals surface area contributed by atoms with Gasteiger partial charge in [0.2, 0.25) is 15.8 Å². The number of benzene rings is 1. The molecule has 0 aliphatic carbocycles. The van der Waals surface area contributed by atoms with Gasteiger partial charge in [0.05, 0.1) is 34.6 Å². The van der Waals surface area contributed by atoms with E-state index < -0.39 is 57.6 Å². The van der Waals surface area contributed by atoms with E-state index in [1.165, 1.54) is 4.68 Å². The molecule has 4 heterocycles. The molecule has 1 N–H and O–H groups in total. The van der Waals surface area contributed by atoms with E-state index in [0.717, 1.165) is 25.0 Å². The summed E-state index contributed by atoms with van der Waals surface area (Å²) in [5, 5.41) is 4.66. The fourth-order valence-electron chi connectivity index (χ4n) is 4.70. The number of aromatic nitrogens is 3. The zero-order valence-corrected chi connectivity index (χ0v) is 22.7. The molecule has 0 radical (unpaired) electrons. The highest BCUT2D eigenvalue weighted by Gasteiger charge is 2.39. The molecular formula is C25H29BF2N4O6S. The predicted octanol–water partition coefficient (Wildman–Crippen LogP) is 3.31. The molecule has 3 aromatic rings. The van der Waals surface area contributed by atoms with Gasteiger partial charge in [-0.15, -0.1) is 0 Å². The summed E-state index contributed by atoms with van der Waals surface area (Å²) in [6.07, 6.45) is 3.69. The van der Waals surface area contributed by atoms with Crippen molar-refractivity contribution in [3.63, 3.8) is 0 Å². The Morgan fingerprint density at radius 2 is 2.08 bits per heavy atom. The summed E-state index contributed by atoms with van der Waals surface area (Å²) < 4.78 is 76.0. The number of ether oxygens (including phenoxy) is 1. The van der Waals surface area contributed by atoms with Gasteiger partial charge in [-0.25, -0.2) is 26.9 Å². The van der Waals surface area contributed by atoms with Crippen molar-refractivity contribution >= 4 is 45.1 Å². The van der Waals surface area contributed by atoms with Crippen molar-refractivity contribution in [3.8, 4) is 0 Å². The van der Waals surface area contributed by atoms with Crippen LogP contribution in [0, 0.1) is 11.6 Å². The molecule has 1 atom stereocenters. The van der Waals surface area contributed by atoms with Crippen LogP contribution in [0.4, 0.5) is 14.5 Å². The van der Waals surface area contributed by atoms with E-state index in [2.05, 4.69) is 14.8 Å². The Morgan fingerprint density at radius 3 is 2.74 bits per heavy atom. The van der Waals surface area contributed by atoms with Gasteiger partial charge < -0.3 is 14.0 Å². The quantitative estimate of drug-likeness (QED) is 0.328. The third-order valence-corrected chi connectivity index (χ3v) is 8.02. The van der Waals surface area contributed by atoms with Gasteiger partial charge in [-0.1, -0.05) is 6.92 Å². The molecule has 2 aliphatic rings. The Balaban J connectivity index is 1.61. The maximum absolute atomic E-state index is 15.5. The Hall–Kier alpha value is -2.94. The van der Waals surface area contributed by atoms with Crippen LogP contribution in [0.25, 0.3) is 11.0 Å². The standard InChI is InChI=1S/C25H29BF2N4O6S/c1-4-11-39(34,35)31-18-9-8-17(27)20(21(18)28)23(33)22-16-12-15(26-37-14-25(2,3)38-26)13-29-24(16)32(30-22)19-7-5-6-10-36-19/h8-9,12-13,19,31H,4-7,10-11,14H2,1-3H3. The first kappa shape index (κ1) is 27.6. The normalized spacial score (nSPS) is 19.5. The van der Waals surface area contributed by atoms with E-state index >= 15 is 4.39 Å². The van der Waals surface area contributed by atoms with Crippen LogP contribution in [0.15, 0.2) is 24.4 Å². The number of sulfonamides is 1. The number of ketones is 1. The molecule has 2 fully saturated rings. The van der Waals surface area contributed by atoms with Crippen molar-refractivity contribution in [1.82, 2.24) is 14.8 Å². The number of pyridine rings is 1. The number of anilines is 1. The zero-order valence-electron chi connectivity index (χ0n) is 21.9. The lowest BCUT2D eigenvalue weighted by molar-refractivity contribution is -0.0371. The third kappa shape index (κ3) is 5.56. The van der Waals surface area contributed by atoms with Crippen molar-refractivity contribution in [1.29, 1.82) is 0 Å². The fourth-order valence-corrected chi connectivity index (χ4v) is 5.83. The second-order valence-corrected chi connectivity index (χ2v) is 12.2. The minimum Gasteiger partial charge on any atom is -0.404 e. The molecule has 1 unspecified atom stereocenters. The summed E-state index contributed by atoms with van der Waals surface area (Å²) in [5.74, 6) is -3.81. The van der Waals surface area contributed by atoms with Crippen molar-refractivity contribution in [2.45, 2.75) is 58.3 Å². The number of nitrogens with one attached hydrogen (secondary N) is 1. The zero-order chi connectivity index (χ0) is 27.9. The topological polar surface area (TPSA) is 122 Å². The number of halogens is 2. The molecule has 0 amide bonds. The molecule has 2 aromatic heterocycles. The van der Waals surface area contributed by atoms with Crippen LogP contribution in [-0.4, -0.2) is 60.7 Å². The Bertz CT molecular complexity index is 1520. The number of carbonyl (C=O) groups is 1. The number of rotatable bonds is 8. The van der Waals surface area contributed by atoms with Crippen LogP contribution in [0.5, 0.6) is 0 Å². The summed E-state index contributed by atoms with van der Waals surface area (Å²) in [6.45, 7) is 6.24. The summed E-state index contributed by atoms with van der Waals surface area (Å²) in [5.41, 5.74) is -1.43. The fraction of sp³-hybridized carbons (Fsp3) is 0.480. The van der Waals surface area contributed by atoms with Gasteiger partial charge in [0, 0.05) is 18.3 Å². The first-order chi connectivity index (χ1) is 18.5. The van der Waals surface area contributed by atoms with Crippen LogP contribution in [0.2, 0.25) is 0 Å². The maximum Gasteiger partial charge on any atom is 0.496 e. The first-order valence-electron chi connectivity index (χ1n) is 12.8. The molecule has 208 valence electrons. The molecule has 5 rings (SSSR count). The highest BCUT2D eigenvalue weighted by molar-refractivity contribution is 7.92. The average Bonchev–Trinajstić information content (AvgIpc) is 3.45. The molecule has 0 bridgehead atoms. The number of carbonyl (C=O) groups excluding carboxylic acids is 1. The van der Waals surface area contributed by atoms with Crippen LogP contribution in [0.3, 0.4) is 0 Å². The van der Waals surface area contributed by atoms with Crippen LogP contribution in [-0.2, 0) is 24.1 Å². The maximum atomic E-state index is 15.5. The second-order valence-electron chi connectivity index (χ2n) is 10.3. The van der Waals surface area contributed by atoms with E-state index in [1.807, 2.05) is 13.8 Å². The number of fused-ring (bicyclic) bond motifs is 1. The molecule has 0 saturated carbocycles. The molecule has 2 saturated heterocycles. The Morgan fingerprint density at radius 1 is 1.28 bits per heavy atom. The smallest absolute Gasteiger partial charge is 0.404 e. The molecule has 2 aliphatic heterocycles. The third-order valence-electron chi connectivity index (χ3n) is 6.55. The van der Waals surface area contributed by atoms with E-state index in [4.69, 9.17) is 14.0 Å². The van der Waals surface area contributed by atoms with Crippen molar-refractivity contribution in [3.05, 3.63) is 47.3 Å².